The maximum Gasteiger partial charge on any atom is 0.317 e. The van der Waals surface area contributed by atoms with E-state index in [1.54, 1.807) is 0 Å². The molecule has 21 heavy (non-hydrogen) atoms. The van der Waals surface area contributed by atoms with Crippen molar-refractivity contribution in [1.29, 1.82) is 0 Å². The van der Waals surface area contributed by atoms with Crippen LogP contribution in [0.25, 0.3) is 0 Å². The molecule has 0 aromatic carbocycles. The first-order chi connectivity index (χ1) is 10.1. The van der Waals surface area contributed by atoms with E-state index in [1.165, 1.54) is 19.3 Å². The van der Waals surface area contributed by atoms with Gasteiger partial charge in [-0.3, -0.25) is 9.59 Å². The summed E-state index contributed by atoms with van der Waals surface area (Å²) < 4.78 is 0. The van der Waals surface area contributed by atoms with Crippen molar-refractivity contribution in [1.82, 2.24) is 10.2 Å². The Kier molecular flexibility index (Phi) is 9.06. The zero-order chi connectivity index (χ0) is 15.5. The third-order valence-electron chi connectivity index (χ3n) is 4.08. The molecule has 0 bridgehead atoms. The molecule has 1 amide bonds. The lowest BCUT2D eigenvalue weighted by Crippen LogP contribution is -2.43. The minimum absolute atomic E-state index is 0.00186. The number of carboxylic acids is 1. The number of nitrogens with zero attached hydrogens (tertiary/aromatic N) is 1. The summed E-state index contributed by atoms with van der Waals surface area (Å²) in [6.45, 7) is 4.52. The van der Waals surface area contributed by atoms with Gasteiger partial charge in [0.05, 0.1) is 6.54 Å². The normalized spacial score (nSPS) is 18.7. The number of aliphatic carboxylic acids is 1. The highest BCUT2D eigenvalue weighted by Crippen LogP contribution is 2.17. The molecule has 1 aliphatic rings. The Labute approximate surface area is 128 Å². The first-order valence-corrected chi connectivity index (χ1v) is 8.33. The molecule has 0 aliphatic carbocycles. The van der Waals surface area contributed by atoms with Gasteiger partial charge in [0.25, 0.3) is 0 Å². The average Bonchev–Trinajstić information content (AvgIpc) is 2.47. The summed E-state index contributed by atoms with van der Waals surface area (Å²) in [7, 11) is 0. The molecule has 1 fully saturated rings. The monoisotopic (exact) mass is 298 g/mol. The molecule has 0 saturated carbocycles. The number of piperidine rings is 1. The maximum atomic E-state index is 12.2. The van der Waals surface area contributed by atoms with Gasteiger partial charge in [0.15, 0.2) is 0 Å². The van der Waals surface area contributed by atoms with Crippen LogP contribution < -0.4 is 5.32 Å². The summed E-state index contributed by atoms with van der Waals surface area (Å²) in [6.07, 6.45) is 8.63. The second-order valence-electron chi connectivity index (χ2n) is 6.04. The van der Waals surface area contributed by atoms with Crippen LogP contribution in [0.2, 0.25) is 0 Å². The lowest BCUT2D eigenvalue weighted by Gasteiger charge is -2.33. The molecule has 122 valence electrons. The molecule has 0 aromatic rings. The predicted molar refractivity (Wildman–Crippen MR) is 83.2 cm³/mol. The van der Waals surface area contributed by atoms with Crippen molar-refractivity contribution in [3.63, 3.8) is 0 Å². The van der Waals surface area contributed by atoms with Crippen LogP contribution in [0.4, 0.5) is 0 Å². The van der Waals surface area contributed by atoms with E-state index in [2.05, 4.69) is 12.2 Å². The van der Waals surface area contributed by atoms with Crippen LogP contribution in [0.15, 0.2) is 0 Å². The molecule has 1 saturated heterocycles. The van der Waals surface area contributed by atoms with Crippen LogP contribution in [0.1, 0.15) is 58.3 Å². The molecule has 2 N–H and O–H groups in total. The Morgan fingerprint density at radius 1 is 1.24 bits per heavy atom. The molecule has 5 heteroatoms. The highest BCUT2D eigenvalue weighted by molar-refractivity contribution is 5.76. The minimum Gasteiger partial charge on any atom is -0.480 e. The Balaban J connectivity index is 2.18. The molecule has 5 nitrogen and oxygen atoms in total. The van der Waals surface area contributed by atoms with E-state index in [0.29, 0.717) is 18.9 Å². The number of carboxylic acid groups (broad SMARTS) is 1. The van der Waals surface area contributed by atoms with Crippen molar-refractivity contribution in [2.24, 2.45) is 5.92 Å². The Hall–Kier alpha value is -1.10. The van der Waals surface area contributed by atoms with Gasteiger partial charge in [-0.15, -0.1) is 0 Å². The summed E-state index contributed by atoms with van der Waals surface area (Å²) in [4.78, 5) is 24.6. The van der Waals surface area contributed by atoms with E-state index in [9.17, 15) is 9.59 Å². The van der Waals surface area contributed by atoms with Crippen molar-refractivity contribution < 1.29 is 14.7 Å². The number of amides is 1. The van der Waals surface area contributed by atoms with Crippen LogP contribution in [0.3, 0.4) is 0 Å². The fourth-order valence-corrected chi connectivity index (χ4v) is 2.88. The highest BCUT2D eigenvalue weighted by Gasteiger charge is 2.23. The second-order valence-corrected chi connectivity index (χ2v) is 6.04. The second kappa shape index (κ2) is 10.6. The predicted octanol–water partition coefficient (Wildman–Crippen LogP) is 2.26. The van der Waals surface area contributed by atoms with Crippen molar-refractivity contribution in [3.05, 3.63) is 0 Å². The lowest BCUT2D eigenvalue weighted by molar-refractivity contribution is -0.136. The van der Waals surface area contributed by atoms with Gasteiger partial charge in [-0.1, -0.05) is 32.6 Å². The van der Waals surface area contributed by atoms with Crippen molar-refractivity contribution in [3.8, 4) is 0 Å². The molecular formula is C16H30N2O3. The smallest absolute Gasteiger partial charge is 0.317 e. The average molecular weight is 298 g/mol. The van der Waals surface area contributed by atoms with E-state index in [4.69, 9.17) is 5.11 Å². The molecule has 0 aromatic heterocycles. The van der Waals surface area contributed by atoms with Gasteiger partial charge < -0.3 is 15.3 Å². The minimum atomic E-state index is -0.828. The number of rotatable bonds is 10. The van der Waals surface area contributed by atoms with E-state index in [0.717, 1.165) is 38.8 Å². The standard InChI is InChI=1S/C16H30N2O3/c1-2-3-4-5-6-9-15(19)18-10-7-8-14(13-18)11-17-12-16(20)21/h14,17H,2-13H2,1H3,(H,20,21). The Bertz CT molecular complexity index is 321. The van der Waals surface area contributed by atoms with Gasteiger partial charge in [-0.2, -0.15) is 0 Å². The quantitative estimate of drug-likeness (QED) is 0.607. The molecule has 1 heterocycles. The van der Waals surface area contributed by atoms with E-state index in [-0.39, 0.29) is 12.5 Å². The van der Waals surface area contributed by atoms with Gasteiger partial charge in [-0.25, -0.2) is 0 Å². The fourth-order valence-electron chi connectivity index (χ4n) is 2.88. The zero-order valence-corrected chi connectivity index (χ0v) is 13.3. The van der Waals surface area contributed by atoms with Crippen molar-refractivity contribution >= 4 is 11.9 Å². The highest BCUT2D eigenvalue weighted by atomic mass is 16.4. The SMILES string of the molecule is CCCCCCCC(=O)N1CCCC(CNCC(=O)O)C1. The summed E-state index contributed by atoms with van der Waals surface area (Å²) >= 11 is 0. The van der Waals surface area contributed by atoms with Crippen molar-refractivity contribution in [2.45, 2.75) is 58.3 Å². The third-order valence-corrected chi connectivity index (χ3v) is 4.08. The third kappa shape index (κ3) is 8.05. The Morgan fingerprint density at radius 3 is 2.71 bits per heavy atom. The molecule has 1 unspecified atom stereocenters. The first kappa shape index (κ1) is 18.0. The maximum absolute atomic E-state index is 12.2. The largest absolute Gasteiger partial charge is 0.480 e. The zero-order valence-electron chi connectivity index (χ0n) is 13.3. The number of likely N-dealkylation sites (tertiary alicyclic amines) is 1. The van der Waals surface area contributed by atoms with E-state index < -0.39 is 5.97 Å². The van der Waals surface area contributed by atoms with Gasteiger partial charge >= 0.3 is 5.97 Å². The van der Waals surface area contributed by atoms with Gasteiger partial charge in [0, 0.05) is 26.1 Å². The van der Waals surface area contributed by atoms with Crippen LogP contribution in [0, 0.1) is 5.92 Å². The van der Waals surface area contributed by atoms with E-state index >= 15 is 0 Å². The number of hydrogen-bond donors (Lipinski definition) is 2. The summed E-state index contributed by atoms with van der Waals surface area (Å²) in [5.41, 5.74) is 0. The van der Waals surface area contributed by atoms with Crippen LogP contribution in [-0.2, 0) is 9.59 Å². The molecule has 1 aliphatic heterocycles. The lowest BCUT2D eigenvalue weighted by atomic mass is 9.97. The van der Waals surface area contributed by atoms with Gasteiger partial charge in [0.2, 0.25) is 5.91 Å². The molecule has 1 atom stereocenters. The number of carbonyl (C=O) groups is 2. The van der Waals surface area contributed by atoms with Crippen molar-refractivity contribution in [2.75, 3.05) is 26.2 Å². The van der Waals surface area contributed by atoms with Gasteiger partial charge in [0.1, 0.15) is 0 Å². The number of carbonyl (C=O) groups excluding carboxylic acids is 1. The molecule has 1 rings (SSSR count). The molecule has 0 spiro atoms. The summed E-state index contributed by atoms with van der Waals surface area (Å²) in [6, 6.07) is 0. The first-order valence-electron chi connectivity index (χ1n) is 8.33. The topological polar surface area (TPSA) is 69.6 Å². The Morgan fingerprint density at radius 2 is 2.00 bits per heavy atom. The summed E-state index contributed by atoms with van der Waals surface area (Å²) in [5, 5.41) is 11.6. The molecule has 0 radical (unpaired) electrons. The number of nitrogens with one attached hydrogen (secondary N) is 1. The van der Waals surface area contributed by atoms with Crippen LogP contribution in [-0.4, -0.2) is 48.1 Å². The van der Waals surface area contributed by atoms with Gasteiger partial charge in [-0.05, 0) is 25.2 Å². The number of hydrogen-bond acceptors (Lipinski definition) is 3. The fraction of sp³-hybridized carbons (Fsp3) is 0.875. The summed E-state index contributed by atoms with van der Waals surface area (Å²) in [5.74, 6) is -0.164. The number of unbranched alkanes of at least 4 members (excludes halogenated alkanes) is 4. The molecular weight excluding hydrogens is 268 g/mol. The van der Waals surface area contributed by atoms with E-state index in [1.807, 2.05) is 4.90 Å². The van der Waals surface area contributed by atoms with Crippen LogP contribution in [0.5, 0.6) is 0 Å². The van der Waals surface area contributed by atoms with Crippen LogP contribution >= 0.6 is 0 Å².